The Kier molecular flexibility index (Phi) is 7.80. The van der Waals surface area contributed by atoms with Crippen molar-refractivity contribution in [3.05, 3.63) is 63.3 Å². The van der Waals surface area contributed by atoms with Gasteiger partial charge in [-0.1, -0.05) is 55.1 Å². The zero-order chi connectivity index (χ0) is 25.8. The topological polar surface area (TPSA) is 128 Å². The Bertz CT molecular complexity index is 1500. The first kappa shape index (κ1) is 25.5. The van der Waals surface area contributed by atoms with Crippen LogP contribution in [0.15, 0.2) is 57.2 Å². The van der Waals surface area contributed by atoms with Crippen molar-refractivity contribution >= 4 is 39.7 Å². The molecule has 4 rings (SSSR count). The number of nitrogens with zero attached hydrogens (tertiary/aromatic N) is 3. The Labute approximate surface area is 210 Å². The van der Waals surface area contributed by atoms with Gasteiger partial charge < -0.3 is 19.1 Å². The average Bonchev–Trinajstić information content (AvgIpc) is 3.22. The van der Waals surface area contributed by atoms with Gasteiger partial charge in [0.15, 0.2) is 16.3 Å². The summed E-state index contributed by atoms with van der Waals surface area (Å²) in [4.78, 5) is 44.1. The van der Waals surface area contributed by atoms with Crippen molar-refractivity contribution in [1.29, 1.82) is 0 Å². The second kappa shape index (κ2) is 11.0. The van der Waals surface area contributed by atoms with Gasteiger partial charge in [0.25, 0.3) is 5.56 Å². The molecule has 0 fully saturated rings. The molecule has 0 unspecified atom stereocenters. The number of aliphatic hydroxyl groups excluding tert-OH is 1. The molecule has 0 spiro atoms. The molecule has 10 nitrogen and oxygen atoms in total. The molecule has 0 amide bonds. The summed E-state index contributed by atoms with van der Waals surface area (Å²) in [5.41, 5.74) is -0.945. The van der Waals surface area contributed by atoms with E-state index < -0.39 is 28.6 Å². The Morgan fingerprint density at radius 3 is 2.67 bits per heavy atom. The van der Waals surface area contributed by atoms with E-state index in [-0.39, 0.29) is 30.9 Å². The number of thioether (sulfide) groups is 1. The standard InChI is InChI=1S/C25H28N4O6S/c1-4-19(23(32)34-5-2)36-25-26-21-20(22(31)27-24(33)28(21)3)29(25)13-16(30)14-35-18-12-8-10-15-9-6-7-11-17(15)18/h6-12,16,19,30H,4-5,13-14H2,1-3H3,(H,27,31,33)/t16-,19+/m1/s1. The second-order valence-corrected chi connectivity index (χ2v) is 9.37. The molecular formula is C25H28N4O6S. The lowest BCUT2D eigenvalue weighted by Crippen LogP contribution is -2.31. The van der Waals surface area contributed by atoms with Crippen LogP contribution in [-0.4, -0.2) is 54.7 Å². The summed E-state index contributed by atoms with van der Waals surface area (Å²) in [7, 11) is 1.50. The highest BCUT2D eigenvalue weighted by molar-refractivity contribution is 8.00. The number of rotatable bonds is 10. The largest absolute Gasteiger partial charge is 0.490 e. The lowest BCUT2D eigenvalue weighted by atomic mass is 10.1. The molecule has 2 aromatic heterocycles. The second-order valence-electron chi connectivity index (χ2n) is 8.20. The fourth-order valence-electron chi connectivity index (χ4n) is 3.91. The molecule has 0 bridgehead atoms. The molecular weight excluding hydrogens is 484 g/mol. The number of hydrogen-bond donors (Lipinski definition) is 2. The van der Waals surface area contributed by atoms with Crippen molar-refractivity contribution in [2.24, 2.45) is 7.05 Å². The number of aliphatic hydroxyl groups is 1. The van der Waals surface area contributed by atoms with Gasteiger partial charge >= 0.3 is 11.7 Å². The van der Waals surface area contributed by atoms with Crippen molar-refractivity contribution < 1.29 is 19.4 Å². The minimum absolute atomic E-state index is 0.0376. The van der Waals surface area contributed by atoms with Crippen LogP contribution in [0.1, 0.15) is 20.3 Å². The highest BCUT2D eigenvalue weighted by Crippen LogP contribution is 2.29. The van der Waals surface area contributed by atoms with Gasteiger partial charge in [-0.25, -0.2) is 9.78 Å². The van der Waals surface area contributed by atoms with Gasteiger partial charge in [0.05, 0.1) is 13.2 Å². The predicted octanol–water partition coefficient (Wildman–Crippen LogP) is 2.45. The van der Waals surface area contributed by atoms with Crippen molar-refractivity contribution in [1.82, 2.24) is 19.1 Å². The first-order valence-corrected chi connectivity index (χ1v) is 12.5. The minimum Gasteiger partial charge on any atom is -0.490 e. The van der Waals surface area contributed by atoms with Gasteiger partial charge in [-0.3, -0.25) is 19.1 Å². The Morgan fingerprint density at radius 1 is 1.17 bits per heavy atom. The zero-order valence-corrected chi connectivity index (χ0v) is 21.1. The number of esters is 1. The highest BCUT2D eigenvalue weighted by atomic mass is 32.2. The molecule has 0 saturated heterocycles. The van der Waals surface area contributed by atoms with Crippen molar-refractivity contribution in [2.45, 2.75) is 43.3 Å². The number of aromatic nitrogens is 4. The lowest BCUT2D eigenvalue weighted by Gasteiger charge is -2.17. The van der Waals surface area contributed by atoms with Crippen LogP contribution in [0.25, 0.3) is 21.9 Å². The third-order valence-corrected chi connectivity index (χ3v) is 7.05. The number of carbonyl (C=O) groups excluding carboxylic acids is 1. The smallest absolute Gasteiger partial charge is 0.329 e. The number of aromatic amines is 1. The third kappa shape index (κ3) is 5.17. The van der Waals surface area contributed by atoms with Crippen LogP contribution >= 0.6 is 11.8 Å². The first-order valence-electron chi connectivity index (χ1n) is 11.7. The van der Waals surface area contributed by atoms with Gasteiger partial charge in [-0.05, 0) is 24.8 Å². The molecule has 0 aliphatic heterocycles. The summed E-state index contributed by atoms with van der Waals surface area (Å²) in [6.45, 7) is 3.73. The Balaban J connectivity index is 1.65. The summed E-state index contributed by atoms with van der Waals surface area (Å²) in [5.74, 6) is 0.233. The summed E-state index contributed by atoms with van der Waals surface area (Å²) >= 11 is 1.13. The fourth-order valence-corrected chi connectivity index (χ4v) is 4.92. The molecule has 11 heteroatoms. The van der Waals surface area contributed by atoms with E-state index >= 15 is 0 Å². The number of H-pyrrole nitrogens is 1. The molecule has 4 aromatic rings. The van der Waals surface area contributed by atoms with Gasteiger partial charge in [-0.2, -0.15) is 0 Å². The monoisotopic (exact) mass is 512 g/mol. The van der Waals surface area contributed by atoms with Gasteiger partial charge in [-0.15, -0.1) is 0 Å². The number of ether oxygens (including phenoxy) is 2. The fraction of sp³-hybridized carbons (Fsp3) is 0.360. The molecule has 190 valence electrons. The quantitative estimate of drug-likeness (QED) is 0.245. The maximum absolute atomic E-state index is 12.7. The number of benzene rings is 2. The van der Waals surface area contributed by atoms with Crippen LogP contribution in [0.3, 0.4) is 0 Å². The summed E-state index contributed by atoms with van der Waals surface area (Å²) in [6.07, 6.45) is -0.547. The molecule has 2 aromatic carbocycles. The van der Waals surface area contributed by atoms with E-state index in [0.717, 1.165) is 22.5 Å². The molecule has 2 N–H and O–H groups in total. The molecule has 0 aliphatic carbocycles. The van der Waals surface area contributed by atoms with Gasteiger partial charge in [0, 0.05) is 12.4 Å². The molecule has 0 radical (unpaired) electrons. The number of aryl methyl sites for hydroxylation is 1. The average molecular weight is 513 g/mol. The minimum atomic E-state index is -1.01. The number of nitrogens with one attached hydrogen (secondary N) is 1. The van der Waals surface area contributed by atoms with E-state index in [9.17, 15) is 19.5 Å². The maximum Gasteiger partial charge on any atom is 0.329 e. The molecule has 2 heterocycles. The molecule has 0 aliphatic rings. The molecule has 2 atom stereocenters. The number of imidazole rings is 1. The summed E-state index contributed by atoms with van der Waals surface area (Å²) < 4.78 is 13.8. The van der Waals surface area contributed by atoms with Crippen molar-refractivity contribution in [3.63, 3.8) is 0 Å². The van der Waals surface area contributed by atoms with Crippen molar-refractivity contribution in [2.75, 3.05) is 13.2 Å². The van der Waals surface area contributed by atoms with E-state index in [0.29, 0.717) is 17.3 Å². The molecule has 0 saturated carbocycles. The highest BCUT2D eigenvalue weighted by Gasteiger charge is 2.26. The number of carbonyl (C=O) groups is 1. The van der Waals surface area contributed by atoms with Crippen LogP contribution in [0.2, 0.25) is 0 Å². The lowest BCUT2D eigenvalue weighted by molar-refractivity contribution is -0.142. The number of hydrogen-bond acceptors (Lipinski definition) is 8. The Hall–Kier alpha value is -3.57. The van der Waals surface area contributed by atoms with Crippen LogP contribution in [-0.2, 0) is 23.1 Å². The van der Waals surface area contributed by atoms with E-state index in [1.807, 2.05) is 49.4 Å². The van der Waals surface area contributed by atoms with Gasteiger partial charge in [0.1, 0.15) is 23.7 Å². The van der Waals surface area contributed by atoms with E-state index in [1.54, 1.807) is 6.92 Å². The van der Waals surface area contributed by atoms with E-state index in [2.05, 4.69) is 9.97 Å². The first-order chi connectivity index (χ1) is 17.3. The van der Waals surface area contributed by atoms with Gasteiger partial charge in [0.2, 0.25) is 0 Å². The Morgan fingerprint density at radius 2 is 1.92 bits per heavy atom. The summed E-state index contributed by atoms with van der Waals surface area (Å²) in [6, 6.07) is 13.5. The van der Waals surface area contributed by atoms with E-state index in [1.165, 1.54) is 16.2 Å². The van der Waals surface area contributed by atoms with Crippen molar-refractivity contribution in [3.8, 4) is 5.75 Å². The van der Waals surface area contributed by atoms with Crippen LogP contribution in [0, 0.1) is 0 Å². The summed E-state index contributed by atoms with van der Waals surface area (Å²) in [5, 5.41) is 12.6. The molecule has 36 heavy (non-hydrogen) atoms. The van der Waals surface area contributed by atoms with Crippen LogP contribution in [0.5, 0.6) is 5.75 Å². The third-order valence-electron chi connectivity index (χ3n) is 5.71. The predicted molar refractivity (Wildman–Crippen MR) is 138 cm³/mol. The number of fused-ring (bicyclic) bond motifs is 2. The zero-order valence-electron chi connectivity index (χ0n) is 20.3. The van der Waals surface area contributed by atoms with Crippen LogP contribution in [0.4, 0.5) is 0 Å². The van der Waals surface area contributed by atoms with Crippen LogP contribution < -0.4 is 16.0 Å². The maximum atomic E-state index is 12.7. The van der Waals surface area contributed by atoms with E-state index in [4.69, 9.17) is 9.47 Å². The normalized spacial score (nSPS) is 13.1. The SMILES string of the molecule is CCOC(=O)[C@H](CC)Sc1nc2c(c(=O)[nH]c(=O)n2C)n1C[C@@H](O)COc1cccc2ccccc12.